The molecule has 4 aliphatic carbocycles. The van der Waals surface area contributed by atoms with Crippen LogP contribution in [0.2, 0.25) is 0 Å². The van der Waals surface area contributed by atoms with Crippen LogP contribution in [0, 0.1) is 46.3 Å². The Bertz CT molecular complexity index is 1300. The molecule has 4 aliphatic heterocycles. The lowest BCUT2D eigenvalue weighted by Crippen LogP contribution is -2.64. The molecule has 8 rings (SSSR count). The summed E-state index contributed by atoms with van der Waals surface area (Å²) in [5.41, 5.74) is 1.70. The maximum atomic E-state index is 11.1. The smallest absolute Gasteiger partial charge is 0.187 e. The fourth-order valence-electron chi connectivity index (χ4n) is 12.5. The first kappa shape index (κ1) is 37.2. The summed E-state index contributed by atoms with van der Waals surface area (Å²) in [6.07, 6.45) is -1.68. The Kier molecular flexibility index (Phi) is 9.83. The van der Waals surface area contributed by atoms with Crippen molar-refractivity contribution in [3.8, 4) is 0 Å². The quantitative estimate of drug-likeness (QED) is 0.229. The SMILES string of the molecule is CC1O[C@@H](OC2[C@H](OC3CC[C@@]4(C)C(=CC[C@H]5[C@@H]6C[C@@H]7O[C@]8(CC[C@@H](C)CO8)[C@@H](C)[C@@H]7[C@@]6(C)CC[C@@H]54)C3)OC(CO)[C@@H](O)[C@@H]2O)C(O)[C@@H](O)[C@H]1O. The minimum Gasteiger partial charge on any atom is -0.394 e. The third kappa shape index (κ3) is 5.84. The highest BCUT2D eigenvalue weighted by Crippen LogP contribution is 2.70. The van der Waals surface area contributed by atoms with Gasteiger partial charge in [0, 0.05) is 12.3 Å². The molecule has 0 radical (unpaired) electrons. The van der Waals surface area contributed by atoms with E-state index in [1.165, 1.54) is 31.8 Å². The summed E-state index contributed by atoms with van der Waals surface area (Å²) >= 11 is 0. The first-order valence-electron chi connectivity index (χ1n) is 19.8. The number of hydrogen-bond donors (Lipinski definition) is 6. The molecule has 21 atom stereocenters. The molecule has 5 unspecified atom stereocenters. The average Bonchev–Trinajstić information content (AvgIpc) is 3.56. The zero-order valence-corrected chi connectivity index (χ0v) is 30.9. The van der Waals surface area contributed by atoms with Crippen LogP contribution in [0.25, 0.3) is 0 Å². The van der Waals surface area contributed by atoms with Crippen molar-refractivity contribution in [1.82, 2.24) is 0 Å². The highest BCUT2D eigenvalue weighted by atomic mass is 16.8. The molecule has 12 nitrogen and oxygen atoms in total. The van der Waals surface area contributed by atoms with Gasteiger partial charge in [0.05, 0.1) is 31.5 Å². The molecule has 1 spiro atoms. The second-order valence-electron chi connectivity index (χ2n) is 18.3. The van der Waals surface area contributed by atoms with Gasteiger partial charge in [-0.1, -0.05) is 39.3 Å². The van der Waals surface area contributed by atoms with Crippen LogP contribution < -0.4 is 0 Å². The van der Waals surface area contributed by atoms with Crippen molar-refractivity contribution < 1.29 is 59.1 Å². The lowest BCUT2D eigenvalue weighted by Gasteiger charge is -2.58. The maximum absolute atomic E-state index is 11.1. The second kappa shape index (κ2) is 13.5. The maximum Gasteiger partial charge on any atom is 0.187 e. The van der Waals surface area contributed by atoms with Gasteiger partial charge in [-0.3, -0.25) is 0 Å². The number of ether oxygens (including phenoxy) is 6. The molecule has 0 bridgehead atoms. The summed E-state index contributed by atoms with van der Waals surface area (Å²) < 4.78 is 37.6. The van der Waals surface area contributed by atoms with Crippen molar-refractivity contribution in [3.63, 3.8) is 0 Å². The average molecular weight is 723 g/mol. The predicted octanol–water partition coefficient (Wildman–Crippen LogP) is 2.39. The van der Waals surface area contributed by atoms with Gasteiger partial charge < -0.3 is 59.1 Å². The number of hydrogen-bond acceptors (Lipinski definition) is 12. The first-order chi connectivity index (χ1) is 24.2. The van der Waals surface area contributed by atoms with Crippen LogP contribution in [0.4, 0.5) is 0 Å². The molecule has 0 aromatic rings. The molecular formula is C39H62O12. The van der Waals surface area contributed by atoms with Crippen LogP contribution in [-0.4, -0.2) is 123 Å². The van der Waals surface area contributed by atoms with Gasteiger partial charge in [-0.05, 0) is 98.7 Å². The third-order valence-electron chi connectivity index (χ3n) is 15.6. The molecule has 12 heteroatoms. The fourth-order valence-corrected chi connectivity index (χ4v) is 12.5. The molecule has 0 aromatic heterocycles. The first-order valence-corrected chi connectivity index (χ1v) is 19.8. The second-order valence-corrected chi connectivity index (χ2v) is 18.3. The zero-order chi connectivity index (χ0) is 36.2. The Morgan fingerprint density at radius 2 is 1.61 bits per heavy atom. The molecule has 7 fully saturated rings. The molecule has 0 aromatic carbocycles. The monoisotopic (exact) mass is 722 g/mol. The molecule has 4 heterocycles. The number of rotatable bonds is 5. The summed E-state index contributed by atoms with van der Waals surface area (Å²) in [5.74, 6) is 2.92. The predicted molar refractivity (Wildman–Crippen MR) is 182 cm³/mol. The summed E-state index contributed by atoms with van der Waals surface area (Å²) in [4.78, 5) is 0. The molecule has 290 valence electrons. The van der Waals surface area contributed by atoms with Crippen molar-refractivity contribution >= 4 is 0 Å². The Hall–Kier alpha value is -0.740. The largest absolute Gasteiger partial charge is 0.394 e. The van der Waals surface area contributed by atoms with Crippen molar-refractivity contribution in [2.24, 2.45) is 46.3 Å². The van der Waals surface area contributed by atoms with E-state index in [9.17, 15) is 30.6 Å². The lowest BCUT2D eigenvalue weighted by atomic mass is 9.47. The standard InChI is InChI=1S/C39H62O12/c1-18-8-13-39(46-17-18)19(2)28-26(51-39)15-25-23-7-6-21-14-22(9-11-37(21,4)24(23)10-12-38(25,28)5)48-36-34(32(44)30(42)27(16-40)49-36)50-35-33(45)31(43)29(41)20(3)47-35/h6,18-20,22-36,40-45H,7-17H2,1-5H3/t18-,19+,20?,22?,23-,24+,25+,26+,27?,28+,29+,30-,31+,32+,33?,34?,35+,36-,37+,38+,39-/m1/s1. The van der Waals surface area contributed by atoms with Gasteiger partial charge in [0.15, 0.2) is 18.4 Å². The van der Waals surface area contributed by atoms with E-state index in [1.807, 2.05) is 0 Å². The van der Waals surface area contributed by atoms with E-state index in [0.717, 1.165) is 38.7 Å². The molecule has 8 aliphatic rings. The minimum atomic E-state index is -1.61. The summed E-state index contributed by atoms with van der Waals surface area (Å²) in [7, 11) is 0. The van der Waals surface area contributed by atoms with Crippen molar-refractivity contribution in [2.75, 3.05) is 13.2 Å². The molecule has 51 heavy (non-hydrogen) atoms. The highest BCUT2D eigenvalue weighted by Gasteiger charge is 2.68. The van der Waals surface area contributed by atoms with Crippen LogP contribution in [0.5, 0.6) is 0 Å². The Morgan fingerprint density at radius 3 is 2.33 bits per heavy atom. The number of aliphatic hydroxyl groups excluding tert-OH is 6. The van der Waals surface area contributed by atoms with Crippen LogP contribution in [-0.2, 0) is 28.4 Å². The van der Waals surface area contributed by atoms with Crippen LogP contribution in [0.1, 0.15) is 92.4 Å². The number of allylic oxidation sites excluding steroid dienone is 1. The molecule has 0 amide bonds. The Morgan fingerprint density at radius 1 is 0.824 bits per heavy atom. The highest BCUT2D eigenvalue weighted by molar-refractivity contribution is 5.26. The molecule has 6 N–H and O–H groups in total. The Labute approximate surface area is 301 Å². The molecular weight excluding hydrogens is 660 g/mol. The van der Waals surface area contributed by atoms with E-state index < -0.39 is 73.8 Å². The fraction of sp³-hybridized carbons (Fsp3) is 0.949. The normalized spacial score (nSPS) is 58.4. The van der Waals surface area contributed by atoms with Gasteiger partial charge in [-0.25, -0.2) is 0 Å². The molecule has 3 saturated carbocycles. The number of aliphatic hydroxyl groups is 6. The summed E-state index contributed by atoms with van der Waals surface area (Å²) in [6, 6.07) is 0. The van der Waals surface area contributed by atoms with Gasteiger partial charge in [-0.2, -0.15) is 0 Å². The van der Waals surface area contributed by atoms with E-state index in [1.54, 1.807) is 0 Å². The minimum absolute atomic E-state index is 0.0535. The van der Waals surface area contributed by atoms with Gasteiger partial charge in [0.1, 0.15) is 42.7 Å². The van der Waals surface area contributed by atoms with Gasteiger partial charge in [0.25, 0.3) is 0 Å². The van der Waals surface area contributed by atoms with Gasteiger partial charge in [0.2, 0.25) is 0 Å². The van der Waals surface area contributed by atoms with Gasteiger partial charge in [-0.15, -0.1) is 0 Å². The van der Waals surface area contributed by atoms with Crippen LogP contribution in [0.3, 0.4) is 0 Å². The van der Waals surface area contributed by atoms with Crippen molar-refractivity contribution in [3.05, 3.63) is 11.6 Å². The third-order valence-corrected chi connectivity index (χ3v) is 15.6. The van der Waals surface area contributed by atoms with E-state index in [-0.39, 0.29) is 23.0 Å². The summed E-state index contributed by atoms with van der Waals surface area (Å²) in [6.45, 7) is 11.5. The topological polar surface area (TPSA) is 177 Å². The van der Waals surface area contributed by atoms with Crippen molar-refractivity contribution in [1.29, 1.82) is 0 Å². The Balaban J connectivity index is 0.964. The summed E-state index contributed by atoms with van der Waals surface area (Å²) in [5, 5.41) is 62.9. The lowest BCUT2D eigenvalue weighted by molar-refractivity contribution is -0.369. The van der Waals surface area contributed by atoms with E-state index in [0.29, 0.717) is 41.9 Å². The van der Waals surface area contributed by atoms with E-state index in [4.69, 9.17) is 28.4 Å². The van der Waals surface area contributed by atoms with Crippen LogP contribution in [0.15, 0.2) is 11.6 Å². The zero-order valence-electron chi connectivity index (χ0n) is 30.9. The van der Waals surface area contributed by atoms with E-state index in [2.05, 4.69) is 33.8 Å². The number of fused-ring (bicyclic) bond motifs is 7. The van der Waals surface area contributed by atoms with Crippen molar-refractivity contribution in [2.45, 2.75) is 172 Å². The van der Waals surface area contributed by atoms with Crippen LogP contribution >= 0.6 is 0 Å². The van der Waals surface area contributed by atoms with E-state index >= 15 is 0 Å². The molecule has 4 saturated heterocycles. The van der Waals surface area contributed by atoms with Gasteiger partial charge >= 0.3 is 0 Å².